The lowest BCUT2D eigenvalue weighted by molar-refractivity contribution is 0.238. The number of rotatable bonds is 4. The zero-order valence-electron chi connectivity index (χ0n) is 8.37. The molecular weight excluding hydrogens is 164 g/mol. The maximum Gasteiger partial charge on any atom is 0.142 e. The van der Waals surface area contributed by atoms with Gasteiger partial charge in [-0.1, -0.05) is 0 Å². The van der Waals surface area contributed by atoms with Crippen molar-refractivity contribution >= 4 is 0 Å². The van der Waals surface area contributed by atoms with Crippen LogP contribution in [0, 0.1) is 0 Å². The molecule has 3 heteroatoms. The van der Waals surface area contributed by atoms with Crippen LogP contribution in [0.2, 0.25) is 0 Å². The molecule has 3 nitrogen and oxygen atoms in total. The highest BCUT2D eigenvalue weighted by Crippen LogP contribution is 2.17. The van der Waals surface area contributed by atoms with Gasteiger partial charge in [0.25, 0.3) is 0 Å². The molecule has 0 saturated heterocycles. The van der Waals surface area contributed by atoms with Gasteiger partial charge in [0, 0.05) is 18.3 Å². The van der Waals surface area contributed by atoms with Crippen molar-refractivity contribution in [3.8, 4) is 5.75 Å². The first-order valence-electron chi connectivity index (χ1n) is 4.48. The topological polar surface area (TPSA) is 34.2 Å². The van der Waals surface area contributed by atoms with Crippen LogP contribution >= 0.6 is 0 Å². The molecular formula is C10H16N2O. The second kappa shape index (κ2) is 4.82. The minimum atomic E-state index is 0.194. The van der Waals surface area contributed by atoms with Gasteiger partial charge in [0.1, 0.15) is 5.75 Å². The van der Waals surface area contributed by atoms with E-state index >= 15 is 0 Å². The van der Waals surface area contributed by atoms with E-state index in [2.05, 4.69) is 10.3 Å². The first-order valence-corrected chi connectivity index (χ1v) is 4.48. The highest BCUT2D eigenvalue weighted by Gasteiger charge is 2.03. The largest absolute Gasteiger partial charge is 0.489 e. The maximum atomic E-state index is 5.60. The van der Waals surface area contributed by atoms with E-state index < -0.39 is 0 Å². The smallest absolute Gasteiger partial charge is 0.142 e. The molecule has 0 fully saturated rings. The minimum absolute atomic E-state index is 0.194. The molecule has 1 heterocycles. The van der Waals surface area contributed by atoms with Crippen LogP contribution in [0.15, 0.2) is 18.5 Å². The van der Waals surface area contributed by atoms with E-state index in [4.69, 9.17) is 4.74 Å². The Hall–Kier alpha value is -1.09. The molecule has 0 spiro atoms. The van der Waals surface area contributed by atoms with Crippen molar-refractivity contribution in [1.29, 1.82) is 0 Å². The minimum Gasteiger partial charge on any atom is -0.489 e. The number of hydrogen-bond donors (Lipinski definition) is 1. The molecule has 0 atom stereocenters. The summed E-state index contributed by atoms with van der Waals surface area (Å²) in [5.41, 5.74) is 1.14. The molecule has 0 aliphatic carbocycles. The Morgan fingerprint density at radius 1 is 1.54 bits per heavy atom. The number of hydrogen-bond acceptors (Lipinski definition) is 3. The Morgan fingerprint density at radius 2 is 2.31 bits per heavy atom. The summed E-state index contributed by atoms with van der Waals surface area (Å²) in [4.78, 5) is 4.03. The summed E-state index contributed by atoms with van der Waals surface area (Å²) in [6.07, 6.45) is 3.73. The van der Waals surface area contributed by atoms with Gasteiger partial charge in [0.15, 0.2) is 0 Å². The van der Waals surface area contributed by atoms with E-state index in [-0.39, 0.29) is 6.10 Å². The molecule has 72 valence electrons. The van der Waals surface area contributed by atoms with E-state index in [1.165, 1.54) is 0 Å². The van der Waals surface area contributed by atoms with Gasteiger partial charge in [-0.25, -0.2) is 0 Å². The SMILES string of the molecule is CNCc1ccncc1OC(C)C. The van der Waals surface area contributed by atoms with E-state index in [9.17, 15) is 0 Å². The number of nitrogens with one attached hydrogen (secondary N) is 1. The van der Waals surface area contributed by atoms with E-state index in [1.807, 2.05) is 27.0 Å². The van der Waals surface area contributed by atoms with Crippen molar-refractivity contribution < 1.29 is 4.74 Å². The summed E-state index contributed by atoms with van der Waals surface area (Å²) in [6, 6.07) is 1.97. The van der Waals surface area contributed by atoms with Crippen molar-refractivity contribution in [3.05, 3.63) is 24.0 Å². The molecule has 0 radical (unpaired) electrons. The molecule has 13 heavy (non-hydrogen) atoms. The number of ether oxygens (including phenoxy) is 1. The molecule has 1 aromatic rings. The fraction of sp³-hybridized carbons (Fsp3) is 0.500. The quantitative estimate of drug-likeness (QED) is 0.764. The van der Waals surface area contributed by atoms with Gasteiger partial charge in [-0.2, -0.15) is 0 Å². The summed E-state index contributed by atoms with van der Waals surface area (Å²) >= 11 is 0. The average molecular weight is 180 g/mol. The van der Waals surface area contributed by atoms with Crippen LogP contribution in [0.3, 0.4) is 0 Å². The van der Waals surface area contributed by atoms with Crippen LogP contribution in [0.25, 0.3) is 0 Å². The summed E-state index contributed by atoms with van der Waals surface area (Å²) < 4.78 is 5.60. The van der Waals surface area contributed by atoms with Crippen LogP contribution in [0.1, 0.15) is 19.4 Å². The van der Waals surface area contributed by atoms with Gasteiger partial charge >= 0.3 is 0 Å². The predicted molar refractivity (Wildman–Crippen MR) is 52.8 cm³/mol. The van der Waals surface area contributed by atoms with Gasteiger partial charge in [0.05, 0.1) is 12.3 Å². The number of aromatic nitrogens is 1. The molecule has 1 N–H and O–H groups in total. The lowest BCUT2D eigenvalue weighted by Gasteiger charge is -2.12. The third kappa shape index (κ3) is 3.03. The number of pyridine rings is 1. The zero-order chi connectivity index (χ0) is 9.68. The van der Waals surface area contributed by atoms with Crippen LogP contribution in [0.5, 0.6) is 5.75 Å². The Balaban J connectivity index is 2.78. The molecule has 0 unspecified atom stereocenters. The summed E-state index contributed by atoms with van der Waals surface area (Å²) in [5.74, 6) is 0.867. The van der Waals surface area contributed by atoms with Crippen LogP contribution < -0.4 is 10.1 Å². The molecule has 0 aliphatic rings. The fourth-order valence-corrected chi connectivity index (χ4v) is 1.11. The van der Waals surface area contributed by atoms with Gasteiger partial charge in [-0.15, -0.1) is 0 Å². The Labute approximate surface area is 79.1 Å². The Bertz CT molecular complexity index is 261. The lowest BCUT2D eigenvalue weighted by atomic mass is 10.2. The van der Waals surface area contributed by atoms with E-state index in [0.717, 1.165) is 17.9 Å². The highest BCUT2D eigenvalue weighted by molar-refractivity contribution is 5.29. The molecule has 0 aliphatic heterocycles. The summed E-state index contributed by atoms with van der Waals surface area (Å²) in [5, 5.41) is 3.09. The summed E-state index contributed by atoms with van der Waals surface area (Å²) in [7, 11) is 1.92. The van der Waals surface area contributed by atoms with Crippen LogP contribution in [-0.2, 0) is 6.54 Å². The van der Waals surface area contributed by atoms with Gasteiger partial charge in [-0.3, -0.25) is 4.98 Å². The first-order chi connectivity index (χ1) is 6.24. The second-order valence-corrected chi connectivity index (χ2v) is 3.18. The highest BCUT2D eigenvalue weighted by atomic mass is 16.5. The normalized spacial score (nSPS) is 10.5. The van der Waals surface area contributed by atoms with Crippen LogP contribution in [-0.4, -0.2) is 18.1 Å². The third-order valence-corrected chi connectivity index (χ3v) is 1.60. The Kier molecular flexibility index (Phi) is 3.71. The molecule has 1 rings (SSSR count). The van der Waals surface area contributed by atoms with Gasteiger partial charge < -0.3 is 10.1 Å². The molecule has 0 bridgehead atoms. The van der Waals surface area contributed by atoms with Crippen molar-refractivity contribution in [2.45, 2.75) is 26.5 Å². The van der Waals surface area contributed by atoms with Gasteiger partial charge in [-0.05, 0) is 27.0 Å². The zero-order valence-corrected chi connectivity index (χ0v) is 8.37. The number of nitrogens with zero attached hydrogens (tertiary/aromatic N) is 1. The third-order valence-electron chi connectivity index (χ3n) is 1.60. The van der Waals surface area contributed by atoms with Crippen molar-refractivity contribution in [2.75, 3.05) is 7.05 Å². The molecule has 1 aromatic heterocycles. The van der Waals surface area contributed by atoms with Gasteiger partial charge in [0.2, 0.25) is 0 Å². The first kappa shape index (κ1) is 9.99. The monoisotopic (exact) mass is 180 g/mol. The van der Waals surface area contributed by atoms with Crippen molar-refractivity contribution in [1.82, 2.24) is 10.3 Å². The van der Waals surface area contributed by atoms with E-state index in [1.54, 1.807) is 12.4 Å². The van der Waals surface area contributed by atoms with Crippen molar-refractivity contribution in [3.63, 3.8) is 0 Å². The molecule has 0 amide bonds. The standard InChI is InChI=1S/C10H16N2O/c1-8(2)13-10-7-12-5-4-9(10)6-11-3/h4-5,7-8,11H,6H2,1-3H3. The van der Waals surface area contributed by atoms with E-state index in [0.29, 0.717) is 0 Å². The molecule has 0 saturated carbocycles. The van der Waals surface area contributed by atoms with Crippen LogP contribution in [0.4, 0.5) is 0 Å². The second-order valence-electron chi connectivity index (χ2n) is 3.18. The Morgan fingerprint density at radius 3 is 2.92 bits per heavy atom. The maximum absolute atomic E-state index is 5.60. The molecule has 0 aromatic carbocycles. The average Bonchev–Trinajstić information content (AvgIpc) is 2.08. The fourth-order valence-electron chi connectivity index (χ4n) is 1.11. The predicted octanol–water partition coefficient (Wildman–Crippen LogP) is 1.59. The summed E-state index contributed by atoms with van der Waals surface area (Å²) in [6.45, 7) is 4.83. The van der Waals surface area contributed by atoms with Crippen molar-refractivity contribution in [2.24, 2.45) is 0 Å². The lowest BCUT2D eigenvalue weighted by Crippen LogP contribution is -2.11.